The summed E-state index contributed by atoms with van der Waals surface area (Å²) in [5.41, 5.74) is 21.8. The molecule has 3 heterocycles. The molecule has 0 saturated heterocycles. The van der Waals surface area contributed by atoms with Gasteiger partial charge in [0.2, 0.25) is 0 Å². The van der Waals surface area contributed by atoms with Gasteiger partial charge in [-0.15, -0.1) is 106 Å². The Balaban J connectivity index is 0.000000158. The van der Waals surface area contributed by atoms with Gasteiger partial charge in [-0.1, -0.05) is 73.9 Å². The zero-order valence-electron chi connectivity index (χ0n) is 39.1. The van der Waals surface area contributed by atoms with Crippen molar-refractivity contribution in [2.75, 3.05) is 0 Å². The van der Waals surface area contributed by atoms with Crippen molar-refractivity contribution >= 4 is 0 Å². The third-order valence-electron chi connectivity index (χ3n) is 11.2. The number of hydrogen-bond acceptors (Lipinski definition) is 3. The number of imidazole rings is 3. The molecule has 0 unspecified atom stereocenters. The number of hydrogen-bond donors (Lipinski definition) is 0. The normalized spacial score (nSPS) is 10.7. The molecule has 0 N–H and O–H groups in total. The molecular formula is C57H57IrN6. The quantitative estimate of drug-likeness (QED) is 0.156. The Bertz CT molecular complexity index is 2600. The van der Waals surface area contributed by atoms with Gasteiger partial charge in [0.25, 0.3) is 0 Å². The monoisotopic (exact) mass is 1020 g/mol. The number of aromatic nitrogens is 6. The summed E-state index contributed by atoms with van der Waals surface area (Å²) in [6, 6.07) is 41.8. The van der Waals surface area contributed by atoms with Crippen LogP contribution in [0.3, 0.4) is 0 Å². The van der Waals surface area contributed by atoms with E-state index in [2.05, 4.69) is 203 Å². The van der Waals surface area contributed by atoms with E-state index >= 15 is 0 Å². The Kier molecular flexibility index (Phi) is 15.0. The van der Waals surface area contributed by atoms with Gasteiger partial charge in [0.1, 0.15) is 0 Å². The molecule has 0 amide bonds. The molecule has 0 aliphatic rings. The van der Waals surface area contributed by atoms with Crippen LogP contribution in [-0.4, -0.2) is 28.7 Å². The summed E-state index contributed by atoms with van der Waals surface area (Å²) in [7, 11) is 0. The summed E-state index contributed by atoms with van der Waals surface area (Å²) >= 11 is 0. The van der Waals surface area contributed by atoms with Gasteiger partial charge in [0, 0.05) is 54.2 Å². The van der Waals surface area contributed by atoms with Crippen LogP contribution in [0.1, 0.15) is 66.8 Å². The molecule has 0 atom stereocenters. The van der Waals surface area contributed by atoms with Gasteiger partial charge in [0.05, 0.1) is 17.5 Å². The average molecular weight is 1020 g/mol. The van der Waals surface area contributed by atoms with Gasteiger partial charge < -0.3 is 13.7 Å². The van der Waals surface area contributed by atoms with Crippen molar-refractivity contribution in [3.63, 3.8) is 0 Å². The summed E-state index contributed by atoms with van der Waals surface area (Å²) in [6.45, 7) is 25.5. The van der Waals surface area contributed by atoms with E-state index in [-0.39, 0.29) is 20.1 Å². The van der Waals surface area contributed by atoms with Crippen molar-refractivity contribution in [1.82, 2.24) is 28.7 Å². The van der Waals surface area contributed by atoms with Crippen LogP contribution in [0.5, 0.6) is 0 Å². The van der Waals surface area contributed by atoms with Crippen molar-refractivity contribution in [1.29, 1.82) is 0 Å². The van der Waals surface area contributed by atoms with Crippen LogP contribution in [0, 0.1) is 101 Å². The van der Waals surface area contributed by atoms with Gasteiger partial charge in [-0.3, -0.25) is 15.0 Å². The van der Waals surface area contributed by atoms with Crippen LogP contribution in [0.15, 0.2) is 128 Å². The zero-order chi connectivity index (χ0) is 44.9. The Morgan fingerprint density at radius 1 is 0.328 bits per heavy atom. The van der Waals surface area contributed by atoms with Crippen LogP contribution >= 0.6 is 0 Å². The van der Waals surface area contributed by atoms with Gasteiger partial charge >= 0.3 is 20.1 Å². The van der Waals surface area contributed by atoms with Crippen LogP contribution in [0.2, 0.25) is 0 Å². The Hall–Kier alpha value is -6.40. The molecular weight excluding hydrogens is 961 g/mol. The molecule has 3 aromatic heterocycles. The molecule has 6 aromatic carbocycles. The maximum absolute atomic E-state index is 4.53. The molecule has 7 heteroatoms. The fourth-order valence-corrected chi connectivity index (χ4v) is 8.63. The standard InChI is InChI=1S/3C19H19N2.Ir/c3*1-13-5-7-17(8-6-13)19-20-9-10-21(19)18-15(3)11-14(2)12-16(18)4;/h3*5-7,9-12H,1-4H3;/q3*-1;+3. The second-order valence-corrected chi connectivity index (χ2v) is 16.9. The molecule has 0 fully saturated rings. The minimum Gasteiger partial charge on any atom is -0.340 e. The van der Waals surface area contributed by atoms with Gasteiger partial charge in [-0.2, -0.15) is 0 Å². The zero-order valence-corrected chi connectivity index (χ0v) is 41.5. The molecule has 0 bridgehead atoms. The fourth-order valence-electron chi connectivity index (χ4n) is 8.63. The smallest absolute Gasteiger partial charge is 0.340 e. The molecule has 0 aliphatic heterocycles. The van der Waals surface area contributed by atoms with E-state index in [4.69, 9.17) is 0 Å². The summed E-state index contributed by atoms with van der Waals surface area (Å²) in [6.07, 6.45) is 11.6. The molecule has 9 rings (SSSR count). The summed E-state index contributed by atoms with van der Waals surface area (Å²) in [5.74, 6) is 2.81. The number of nitrogens with zero attached hydrogens (tertiary/aromatic N) is 6. The van der Waals surface area contributed by atoms with Gasteiger partial charge in [-0.25, -0.2) is 0 Å². The molecule has 0 spiro atoms. The molecule has 64 heavy (non-hydrogen) atoms. The van der Waals surface area contributed by atoms with Crippen LogP contribution in [0.4, 0.5) is 0 Å². The van der Waals surface area contributed by atoms with E-state index in [1.165, 1.54) is 83.8 Å². The van der Waals surface area contributed by atoms with E-state index in [0.29, 0.717) is 0 Å². The van der Waals surface area contributed by atoms with Gasteiger partial charge in [0.15, 0.2) is 0 Å². The van der Waals surface area contributed by atoms with E-state index in [0.717, 1.165) is 34.2 Å². The molecule has 6 nitrogen and oxygen atoms in total. The van der Waals surface area contributed by atoms with E-state index in [1.54, 1.807) is 0 Å². The first-order valence-corrected chi connectivity index (χ1v) is 21.5. The molecule has 0 aliphatic carbocycles. The van der Waals surface area contributed by atoms with E-state index in [1.807, 2.05) is 55.4 Å². The number of rotatable bonds is 6. The van der Waals surface area contributed by atoms with Crippen molar-refractivity contribution in [2.45, 2.75) is 83.1 Å². The molecule has 0 saturated carbocycles. The van der Waals surface area contributed by atoms with Gasteiger partial charge in [-0.05, 0) is 95.7 Å². The number of benzene rings is 6. The maximum atomic E-state index is 4.53. The second kappa shape index (κ2) is 20.4. The summed E-state index contributed by atoms with van der Waals surface area (Å²) in [4.78, 5) is 13.6. The minimum atomic E-state index is 0. The van der Waals surface area contributed by atoms with Crippen molar-refractivity contribution in [3.05, 3.63) is 213 Å². The number of aryl methyl sites for hydroxylation is 12. The minimum absolute atomic E-state index is 0. The topological polar surface area (TPSA) is 53.5 Å². The Morgan fingerprint density at radius 2 is 0.562 bits per heavy atom. The van der Waals surface area contributed by atoms with E-state index in [9.17, 15) is 0 Å². The average Bonchev–Trinajstić information content (AvgIpc) is 4.01. The molecule has 324 valence electrons. The third kappa shape index (κ3) is 10.5. The van der Waals surface area contributed by atoms with Crippen LogP contribution < -0.4 is 0 Å². The second-order valence-electron chi connectivity index (χ2n) is 16.9. The Labute approximate surface area is 394 Å². The van der Waals surface area contributed by atoms with Crippen LogP contribution in [0.25, 0.3) is 51.2 Å². The van der Waals surface area contributed by atoms with E-state index < -0.39 is 0 Å². The fraction of sp³-hybridized carbons (Fsp3) is 0.211. The first kappa shape index (κ1) is 47.1. The predicted molar refractivity (Wildman–Crippen MR) is 260 cm³/mol. The molecule has 0 radical (unpaired) electrons. The maximum Gasteiger partial charge on any atom is 3.00 e. The van der Waals surface area contributed by atoms with Crippen molar-refractivity contribution in [2.24, 2.45) is 0 Å². The predicted octanol–water partition coefficient (Wildman–Crippen LogP) is 13.7. The first-order valence-electron chi connectivity index (χ1n) is 21.5. The summed E-state index contributed by atoms with van der Waals surface area (Å²) in [5, 5.41) is 0. The Morgan fingerprint density at radius 3 is 0.766 bits per heavy atom. The SMILES string of the molecule is Cc1c[c-]c(-c2nccn2-c2c(C)cc(C)cc2C)cc1.Cc1c[c-]c(-c2nccn2-c2c(C)cc(C)cc2C)cc1.Cc1c[c-]c(-c2nccn2-c2c(C)cc(C)cc2C)cc1.[Ir+3]. The van der Waals surface area contributed by atoms with Crippen molar-refractivity contribution < 1.29 is 20.1 Å². The first-order chi connectivity index (χ1) is 30.2. The largest absolute Gasteiger partial charge is 3.00 e. The third-order valence-corrected chi connectivity index (χ3v) is 11.2. The van der Waals surface area contributed by atoms with Crippen molar-refractivity contribution in [3.8, 4) is 51.2 Å². The van der Waals surface area contributed by atoms with Crippen LogP contribution in [-0.2, 0) is 20.1 Å². The summed E-state index contributed by atoms with van der Waals surface area (Å²) < 4.78 is 6.47. The molecule has 9 aromatic rings.